The summed E-state index contributed by atoms with van der Waals surface area (Å²) in [7, 11) is 1.74. The lowest BCUT2D eigenvalue weighted by atomic mass is 9.99. The number of rotatable bonds is 6. The Labute approximate surface area is 87.2 Å². The summed E-state index contributed by atoms with van der Waals surface area (Å²) in [5.74, 6) is 0.694. The zero-order valence-electron chi connectivity index (χ0n) is 9.58. The van der Waals surface area contributed by atoms with E-state index in [2.05, 4.69) is 19.2 Å². The minimum atomic E-state index is 0.443. The second-order valence-corrected chi connectivity index (χ2v) is 4.13. The van der Waals surface area contributed by atoms with E-state index < -0.39 is 0 Å². The van der Waals surface area contributed by atoms with E-state index in [0.29, 0.717) is 18.1 Å². The van der Waals surface area contributed by atoms with Gasteiger partial charge in [0.1, 0.15) is 0 Å². The molecule has 1 N–H and O–H groups in total. The third kappa shape index (κ3) is 3.56. The van der Waals surface area contributed by atoms with E-state index in [9.17, 15) is 0 Å². The zero-order chi connectivity index (χ0) is 10.4. The maximum Gasteiger partial charge on any atom is 0.0613 e. The standard InChI is InChI=1S/C11H23NO2/c1-4-11-10(5-6-14-11)7-12-9(2)8-13-3/h9-12H,4-8H2,1-3H3. The Bertz CT molecular complexity index is 152. The average Bonchev–Trinajstić information content (AvgIpc) is 2.62. The molecule has 3 heteroatoms. The molecule has 0 aromatic carbocycles. The lowest BCUT2D eigenvalue weighted by molar-refractivity contribution is 0.0852. The molecule has 1 aliphatic heterocycles. The van der Waals surface area contributed by atoms with E-state index in [4.69, 9.17) is 9.47 Å². The molecule has 14 heavy (non-hydrogen) atoms. The van der Waals surface area contributed by atoms with Crippen molar-refractivity contribution in [3.63, 3.8) is 0 Å². The summed E-state index contributed by atoms with van der Waals surface area (Å²) in [5.41, 5.74) is 0. The average molecular weight is 201 g/mol. The van der Waals surface area contributed by atoms with Crippen molar-refractivity contribution in [3.8, 4) is 0 Å². The molecule has 0 aromatic heterocycles. The lowest BCUT2D eigenvalue weighted by Gasteiger charge is -2.20. The van der Waals surface area contributed by atoms with Crippen LogP contribution >= 0.6 is 0 Å². The van der Waals surface area contributed by atoms with Crippen molar-refractivity contribution in [1.29, 1.82) is 0 Å². The quantitative estimate of drug-likeness (QED) is 0.705. The third-order valence-corrected chi connectivity index (χ3v) is 2.89. The number of hydrogen-bond acceptors (Lipinski definition) is 3. The van der Waals surface area contributed by atoms with Crippen LogP contribution in [0.3, 0.4) is 0 Å². The van der Waals surface area contributed by atoms with Crippen LogP contribution in [0.5, 0.6) is 0 Å². The Morgan fingerprint density at radius 2 is 2.36 bits per heavy atom. The van der Waals surface area contributed by atoms with E-state index in [1.54, 1.807) is 7.11 Å². The predicted molar refractivity (Wildman–Crippen MR) is 57.5 cm³/mol. The van der Waals surface area contributed by atoms with Crippen molar-refractivity contribution in [3.05, 3.63) is 0 Å². The molecule has 0 aliphatic carbocycles. The van der Waals surface area contributed by atoms with E-state index in [0.717, 1.165) is 26.2 Å². The summed E-state index contributed by atoms with van der Waals surface area (Å²) < 4.78 is 10.7. The molecule has 0 saturated carbocycles. The van der Waals surface area contributed by atoms with Gasteiger partial charge < -0.3 is 14.8 Å². The van der Waals surface area contributed by atoms with Gasteiger partial charge in [0.2, 0.25) is 0 Å². The van der Waals surface area contributed by atoms with E-state index in [1.165, 1.54) is 6.42 Å². The van der Waals surface area contributed by atoms with Gasteiger partial charge in [-0.25, -0.2) is 0 Å². The molecule has 3 atom stereocenters. The fourth-order valence-electron chi connectivity index (χ4n) is 2.04. The molecule has 84 valence electrons. The van der Waals surface area contributed by atoms with Gasteiger partial charge in [0, 0.05) is 26.3 Å². The Balaban J connectivity index is 2.16. The van der Waals surface area contributed by atoms with E-state index in [1.807, 2.05) is 0 Å². The summed E-state index contributed by atoms with van der Waals surface area (Å²) in [6, 6.07) is 0.443. The minimum absolute atomic E-state index is 0.443. The highest BCUT2D eigenvalue weighted by Crippen LogP contribution is 2.22. The van der Waals surface area contributed by atoms with Gasteiger partial charge in [-0.05, 0) is 25.7 Å². The van der Waals surface area contributed by atoms with E-state index in [-0.39, 0.29) is 0 Å². The van der Waals surface area contributed by atoms with Gasteiger partial charge in [-0.1, -0.05) is 6.92 Å². The Hall–Kier alpha value is -0.120. The first-order valence-electron chi connectivity index (χ1n) is 5.61. The molecule has 1 rings (SSSR count). The third-order valence-electron chi connectivity index (χ3n) is 2.89. The van der Waals surface area contributed by atoms with Crippen LogP contribution in [0.1, 0.15) is 26.7 Å². The van der Waals surface area contributed by atoms with Crippen LogP contribution in [0.2, 0.25) is 0 Å². The maximum absolute atomic E-state index is 5.64. The summed E-state index contributed by atoms with van der Waals surface area (Å²) in [6.45, 7) is 7.12. The Kier molecular flexibility index (Phi) is 5.45. The first kappa shape index (κ1) is 12.0. The fraction of sp³-hybridized carbons (Fsp3) is 1.00. The molecule has 1 saturated heterocycles. The summed E-state index contributed by atoms with van der Waals surface area (Å²) in [6.07, 6.45) is 2.80. The highest BCUT2D eigenvalue weighted by atomic mass is 16.5. The van der Waals surface area contributed by atoms with Gasteiger partial charge in [0.15, 0.2) is 0 Å². The van der Waals surface area contributed by atoms with Gasteiger partial charge in [-0.15, -0.1) is 0 Å². The van der Waals surface area contributed by atoms with Crippen LogP contribution in [-0.4, -0.2) is 39.0 Å². The van der Waals surface area contributed by atoms with Crippen LogP contribution in [0.4, 0.5) is 0 Å². The van der Waals surface area contributed by atoms with Crippen molar-refractivity contribution >= 4 is 0 Å². The highest BCUT2D eigenvalue weighted by Gasteiger charge is 2.26. The zero-order valence-corrected chi connectivity index (χ0v) is 9.58. The summed E-state index contributed by atoms with van der Waals surface area (Å²) in [5, 5.41) is 3.48. The van der Waals surface area contributed by atoms with Gasteiger partial charge in [0.25, 0.3) is 0 Å². The minimum Gasteiger partial charge on any atom is -0.383 e. The van der Waals surface area contributed by atoms with Crippen molar-refractivity contribution in [2.24, 2.45) is 5.92 Å². The SMILES string of the molecule is CCC1OCCC1CNC(C)COC. The smallest absolute Gasteiger partial charge is 0.0613 e. The van der Waals surface area contributed by atoms with Gasteiger partial charge in [-0.2, -0.15) is 0 Å². The van der Waals surface area contributed by atoms with Crippen molar-refractivity contribution in [2.45, 2.75) is 38.8 Å². The highest BCUT2D eigenvalue weighted by molar-refractivity contribution is 4.78. The van der Waals surface area contributed by atoms with Crippen LogP contribution in [0, 0.1) is 5.92 Å². The number of methoxy groups -OCH3 is 1. The molecule has 0 bridgehead atoms. The topological polar surface area (TPSA) is 30.5 Å². The van der Waals surface area contributed by atoms with Crippen LogP contribution in [0.15, 0.2) is 0 Å². The van der Waals surface area contributed by atoms with Crippen molar-refractivity contribution < 1.29 is 9.47 Å². The second-order valence-electron chi connectivity index (χ2n) is 4.13. The molecule has 3 nitrogen and oxygen atoms in total. The molecule has 3 unspecified atom stereocenters. The molecule has 0 spiro atoms. The van der Waals surface area contributed by atoms with Crippen LogP contribution in [0.25, 0.3) is 0 Å². The molecular formula is C11H23NO2. The predicted octanol–water partition coefficient (Wildman–Crippen LogP) is 1.43. The van der Waals surface area contributed by atoms with Crippen molar-refractivity contribution in [1.82, 2.24) is 5.32 Å². The first-order chi connectivity index (χ1) is 6.77. The first-order valence-corrected chi connectivity index (χ1v) is 5.61. The Morgan fingerprint density at radius 3 is 3.00 bits per heavy atom. The number of nitrogens with one attached hydrogen (secondary N) is 1. The van der Waals surface area contributed by atoms with Gasteiger partial charge >= 0.3 is 0 Å². The normalized spacial score (nSPS) is 29.4. The molecule has 0 radical (unpaired) electrons. The van der Waals surface area contributed by atoms with Crippen LogP contribution < -0.4 is 5.32 Å². The summed E-state index contributed by atoms with van der Waals surface area (Å²) >= 11 is 0. The molecule has 0 amide bonds. The van der Waals surface area contributed by atoms with Gasteiger partial charge in [0.05, 0.1) is 12.7 Å². The fourth-order valence-corrected chi connectivity index (χ4v) is 2.04. The summed E-state index contributed by atoms with van der Waals surface area (Å²) in [4.78, 5) is 0. The molecule has 0 aromatic rings. The van der Waals surface area contributed by atoms with Crippen molar-refractivity contribution in [2.75, 3.05) is 26.9 Å². The monoisotopic (exact) mass is 201 g/mol. The lowest BCUT2D eigenvalue weighted by Crippen LogP contribution is -2.36. The second kappa shape index (κ2) is 6.38. The number of ether oxygens (including phenoxy) is 2. The van der Waals surface area contributed by atoms with Gasteiger partial charge in [-0.3, -0.25) is 0 Å². The Morgan fingerprint density at radius 1 is 1.57 bits per heavy atom. The molecule has 1 fully saturated rings. The molecule has 1 heterocycles. The maximum atomic E-state index is 5.64. The molecule has 1 aliphatic rings. The largest absolute Gasteiger partial charge is 0.383 e. The molecular weight excluding hydrogens is 178 g/mol. The van der Waals surface area contributed by atoms with E-state index >= 15 is 0 Å². The number of hydrogen-bond donors (Lipinski definition) is 1. The van der Waals surface area contributed by atoms with Crippen LogP contribution in [-0.2, 0) is 9.47 Å².